The zero-order valence-corrected chi connectivity index (χ0v) is 24.3. The first kappa shape index (κ1) is 32.2. The molecule has 1 heterocycles. The zero-order valence-electron chi connectivity index (χ0n) is 24.3. The molecule has 0 aromatic heterocycles. The Morgan fingerprint density at radius 1 is 1.02 bits per heavy atom. The molecule has 7 nitrogen and oxygen atoms in total. The molecule has 3 rings (SSSR count). The monoisotopic (exact) mass is 576 g/mol. The Hall–Kier alpha value is -3.27. The van der Waals surface area contributed by atoms with E-state index in [2.05, 4.69) is 20.9 Å². The van der Waals surface area contributed by atoms with Gasteiger partial charge < -0.3 is 20.6 Å². The number of carboxylic acid groups (broad SMARTS) is 1. The van der Waals surface area contributed by atoms with Crippen molar-refractivity contribution in [1.82, 2.24) is 10.6 Å². The van der Waals surface area contributed by atoms with E-state index < -0.39 is 35.6 Å². The molecule has 0 radical (unpaired) electrons. The van der Waals surface area contributed by atoms with Crippen LogP contribution in [0.2, 0.25) is 0 Å². The first-order chi connectivity index (χ1) is 19.3. The predicted molar refractivity (Wildman–Crippen MR) is 156 cm³/mol. The fraction of sp³-hybridized carbons (Fsp3) is 0.548. The van der Waals surface area contributed by atoms with Crippen molar-refractivity contribution in [3.8, 4) is 0 Å². The minimum Gasteiger partial charge on any atom is -0.481 e. The molecule has 1 fully saturated rings. The molecule has 4 N–H and O–H groups in total. The van der Waals surface area contributed by atoms with Gasteiger partial charge in [0.1, 0.15) is 6.04 Å². The zero-order chi connectivity index (χ0) is 30.2. The van der Waals surface area contributed by atoms with Crippen molar-refractivity contribution in [3.63, 3.8) is 0 Å². The standard InChI is InChI=1S/C31H43F3N4O3/c1-5-23(20-35-24-11-13-25(14-12-24)38-17-15-30(4,16-18-38)29(40)41)36-28(39)26(19-21(2)3)37-27(31(32,33)34)22-9-7-6-8-10-22/h6-14,21,23,26-27,35,37H,5,15-20H2,1-4H3,(H,36,39)(H,40,41)/t23-,26-,27-/m0/s1. The number of carboxylic acids is 1. The van der Waals surface area contributed by atoms with Gasteiger partial charge in [0.2, 0.25) is 5.91 Å². The minimum absolute atomic E-state index is 0.0115. The average molecular weight is 577 g/mol. The van der Waals surface area contributed by atoms with Crippen molar-refractivity contribution in [2.75, 3.05) is 29.9 Å². The van der Waals surface area contributed by atoms with Gasteiger partial charge in [0.15, 0.2) is 0 Å². The highest BCUT2D eigenvalue weighted by Gasteiger charge is 2.43. The lowest BCUT2D eigenvalue weighted by atomic mass is 9.80. The van der Waals surface area contributed by atoms with Crippen LogP contribution in [0.1, 0.15) is 65.0 Å². The summed E-state index contributed by atoms with van der Waals surface area (Å²) in [6.45, 7) is 9.23. The number of benzene rings is 2. The first-order valence-corrected chi connectivity index (χ1v) is 14.3. The van der Waals surface area contributed by atoms with E-state index in [0.29, 0.717) is 38.9 Å². The predicted octanol–water partition coefficient (Wildman–Crippen LogP) is 5.99. The van der Waals surface area contributed by atoms with Crippen LogP contribution in [-0.2, 0) is 9.59 Å². The number of nitrogens with one attached hydrogen (secondary N) is 3. The molecule has 0 saturated carbocycles. The maximum atomic E-state index is 14.0. The number of aliphatic carboxylic acids is 1. The van der Waals surface area contributed by atoms with E-state index in [1.165, 1.54) is 12.1 Å². The summed E-state index contributed by atoms with van der Waals surface area (Å²) in [7, 11) is 0. The number of piperidine rings is 1. The third kappa shape index (κ3) is 9.11. The molecule has 1 aliphatic rings. The van der Waals surface area contributed by atoms with Crippen LogP contribution in [0.25, 0.3) is 0 Å². The Balaban J connectivity index is 1.59. The Morgan fingerprint density at radius 2 is 1.63 bits per heavy atom. The van der Waals surface area contributed by atoms with Crippen molar-refractivity contribution in [3.05, 3.63) is 60.2 Å². The Labute approximate surface area is 240 Å². The number of nitrogens with zero attached hydrogens (tertiary/aromatic N) is 1. The van der Waals surface area contributed by atoms with Crippen molar-refractivity contribution in [2.24, 2.45) is 11.3 Å². The van der Waals surface area contributed by atoms with Crippen LogP contribution in [0.15, 0.2) is 54.6 Å². The largest absolute Gasteiger partial charge is 0.481 e. The molecule has 0 bridgehead atoms. The molecule has 10 heteroatoms. The Morgan fingerprint density at radius 3 is 2.15 bits per heavy atom. The summed E-state index contributed by atoms with van der Waals surface area (Å²) in [6, 6.07) is 12.2. The van der Waals surface area contributed by atoms with Gasteiger partial charge in [-0.05, 0) is 68.4 Å². The van der Waals surface area contributed by atoms with Crippen LogP contribution >= 0.6 is 0 Å². The van der Waals surface area contributed by atoms with Crippen LogP contribution in [0, 0.1) is 11.3 Å². The number of rotatable bonds is 13. The van der Waals surface area contributed by atoms with Gasteiger partial charge in [0, 0.05) is 37.1 Å². The fourth-order valence-electron chi connectivity index (χ4n) is 5.05. The van der Waals surface area contributed by atoms with Gasteiger partial charge in [-0.1, -0.05) is 51.1 Å². The number of anilines is 2. The summed E-state index contributed by atoms with van der Waals surface area (Å²) >= 11 is 0. The van der Waals surface area contributed by atoms with Gasteiger partial charge in [0.05, 0.1) is 11.5 Å². The van der Waals surface area contributed by atoms with E-state index in [1.807, 2.05) is 45.0 Å². The van der Waals surface area contributed by atoms with Crippen molar-refractivity contribution in [2.45, 2.75) is 77.7 Å². The number of carbonyl (C=O) groups excluding carboxylic acids is 1. The molecule has 0 spiro atoms. The van der Waals surface area contributed by atoms with Crippen LogP contribution in [0.4, 0.5) is 24.5 Å². The van der Waals surface area contributed by atoms with Gasteiger partial charge in [-0.15, -0.1) is 0 Å². The number of carbonyl (C=O) groups is 2. The van der Waals surface area contributed by atoms with Crippen LogP contribution in [-0.4, -0.2) is 54.9 Å². The van der Waals surface area contributed by atoms with Crippen LogP contribution in [0.5, 0.6) is 0 Å². The molecule has 226 valence electrons. The van der Waals surface area contributed by atoms with E-state index in [9.17, 15) is 27.9 Å². The van der Waals surface area contributed by atoms with E-state index >= 15 is 0 Å². The van der Waals surface area contributed by atoms with E-state index in [0.717, 1.165) is 11.4 Å². The van der Waals surface area contributed by atoms with Gasteiger partial charge in [-0.3, -0.25) is 14.9 Å². The lowest BCUT2D eigenvalue weighted by Crippen LogP contribution is -2.52. The molecule has 3 atom stereocenters. The van der Waals surface area contributed by atoms with Crippen LogP contribution < -0.4 is 20.9 Å². The second kappa shape index (κ2) is 14.1. The number of halogens is 3. The molecule has 0 aliphatic carbocycles. The van der Waals surface area contributed by atoms with Crippen LogP contribution in [0.3, 0.4) is 0 Å². The quantitative estimate of drug-likeness (QED) is 0.234. The lowest BCUT2D eigenvalue weighted by molar-refractivity contribution is -0.161. The highest BCUT2D eigenvalue weighted by atomic mass is 19.4. The molecule has 41 heavy (non-hydrogen) atoms. The summed E-state index contributed by atoms with van der Waals surface area (Å²) in [5.74, 6) is -1.19. The summed E-state index contributed by atoms with van der Waals surface area (Å²) in [4.78, 5) is 26.9. The van der Waals surface area contributed by atoms with E-state index in [-0.39, 0.29) is 23.9 Å². The fourth-order valence-corrected chi connectivity index (χ4v) is 5.05. The number of hydrogen-bond donors (Lipinski definition) is 4. The summed E-state index contributed by atoms with van der Waals surface area (Å²) < 4.78 is 42.0. The SMILES string of the molecule is CC[C@@H](CNc1ccc(N2CCC(C)(C(=O)O)CC2)cc1)NC(=O)[C@H](CC(C)C)N[C@@H](c1ccccc1)C(F)(F)F. The Bertz CT molecular complexity index is 1120. The molecule has 1 saturated heterocycles. The van der Waals surface area contributed by atoms with Gasteiger partial charge in [-0.2, -0.15) is 13.2 Å². The molecule has 0 unspecified atom stereocenters. The number of hydrogen-bond acceptors (Lipinski definition) is 5. The highest BCUT2D eigenvalue weighted by Crippen LogP contribution is 2.34. The second-order valence-electron chi connectivity index (χ2n) is 11.6. The molecule has 2 aromatic rings. The topological polar surface area (TPSA) is 93.7 Å². The normalized spacial score (nSPS) is 17.5. The number of amides is 1. The minimum atomic E-state index is -4.56. The van der Waals surface area contributed by atoms with Gasteiger partial charge in [-0.25, -0.2) is 0 Å². The third-order valence-electron chi connectivity index (χ3n) is 7.86. The van der Waals surface area contributed by atoms with E-state index in [1.54, 1.807) is 25.1 Å². The Kier molecular flexibility index (Phi) is 11.1. The second-order valence-corrected chi connectivity index (χ2v) is 11.6. The summed E-state index contributed by atoms with van der Waals surface area (Å²) in [5.41, 5.74) is 1.26. The van der Waals surface area contributed by atoms with Gasteiger partial charge in [0.25, 0.3) is 0 Å². The molecule has 1 amide bonds. The van der Waals surface area contributed by atoms with Crippen molar-refractivity contribution >= 4 is 23.3 Å². The smallest absolute Gasteiger partial charge is 0.407 e. The maximum Gasteiger partial charge on any atom is 0.407 e. The van der Waals surface area contributed by atoms with Crippen molar-refractivity contribution in [1.29, 1.82) is 0 Å². The number of alkyl halides is 3. The van der Waals surface area contributed by atoms with Gasteiger partial charge >= 0.3 is 12.1 Å². The van der Waals surface area contributed by atoms with Crippen molar-refractivity contribution < 1.29 is 27.9 Å². The maximum absolute atomic E-state index is 14.0. The molecule has 2 aromatic carbocycles. The molecular formula is C31H43F3N4O3. The molecular weight excluding hydrogens is 533 g/mol. The third-order valence-corrected chi connectivity index (χ3v) is 7.86. The first-order valence-electron chi connectivity index (χ1n) is 14.3. The summed E-state index contributed by atoms with van der Waals surface area (Å²) in [6.07, 6.45) is -2.52. The lowest BCUT2D eigenvalue weighted by Gasteiger charge is -2.37. The molecule has 1 aliphatic heterocycles. The highest BCUT2D eigenvalue weighted by molar-refractivity contribution is 5.82. The average Bonchev–Trinajstić information content (AvgIpc) is 2.93. The summed E-state index contributed by atoms with van der Waals surface area (Å²) in [5, 5.41) is 18.3. The van der Waals surface area contributed by atoms with E-state index in [4.69, 9.17) is 0 Å².